The summed E-state index contributed by atoms with van der Waals surface area (Å²) in [6.45, 7) is 4.00. The number of benzene rings is 1. The summed E-state index contributed by atoms with van der Waals surface area (Å²) < 4.78 is 5.62. The number of furan rings is 1. The van der Waals surface area contributed by atoms with Crippen LogP contribution in [0.2, 0.25) is 0 Å². The molecule has 0 aliphatic carbocycles. The number of carbonyl (C=O) groups is 1. The average Bonchev–Trinajstić information content (AvgIpc) is 3.24. The van der Waals surface area contributed by atoms with Crippen molar-refractivity contribution in [3.05, 3.63) is 84.5 Å². The first-order chi connectivity index (χ1) is 13.3. The van der Waals surface area contributed by atoms with Gasteiger partial charge in [-0.1, -0.05) is 38.1 Å². The zero-order valence-corrected chi connectivity index (χ0v) is 15.6. The number of hydrogen-bond donors (Lipinski definition) is 0. The van der Waals surface area contributed by atoms with Gasteiger partial charge in [0.05, 0.1) is 11.8 Å². The lowest BCUT2D eigenvalue weighted by molar-refractivity contribution is -0.117. The molecule has 4 heteroatoms. The predicted molar refractivity (Wildman–Crippen MR) is 107 cm³/mol. The molecular weight excluding hydrogens is 336 g/mol. The van der Waals surface area contributed by atoms with Crippen LogP contribution >= 0.6 is 0 Å². The Balaban J connectivity index is 0.00000102. The third-order valence-corrected chi connectivity index (χ3v) is 4.13. The van der Waals surface area contributed by atoms with Crippen LogP contribution in [0, 0.1) is 0 Å². The van der Waals surface area contributed by atoms with Crippen LogP contribution < -0.4 is 0 Å². The van der Waals surface area contributed by atoms with E-state index < -0.39 is 0 Å². The van der Waals surface area contributed by atoms with Gasteiger partial charge in [0.1, 0.15) is 11.5 Å². The van der Waals surface area contributed by atoms with Crippen LogP contribution in [0.25, 0.3) is 22.2 Å². The number of Topliss-reactive ketones (excluding diaryl/α,β-unsaturated/α-hetero) is 1. The number of pyridine rings is 2. The highest BCUT2D eigenvalue weighted by Gasteiger charge is 2.16. The van der Waals surface area contributed by atoms with E-state index in [0.717, 1.165) is 33.4 Å². The van der Waals surface area contributed by atoms with E-state index in [1.807, 2.05) is 62.4 Å². The number of carbonyl (C=O) groups excluding carboxylic acids is 1. The van der Waals surface area contributed by atoms with Crippen molar-refractivity contribution in [3.63, 3.8) is 0 Å². The molecule has 0 unspecified atom stereocenters. The van der Waals surface area contributed by atoms with Gasteiger partial charge in [-0.05, 0) is 35.4 Å². The number of nitrogens with zero attached hydrogens (tertiary/aromatic N) is 2. The minimum Gasteiger partial charge on any atom is -0.464 e. The molecular formula is C23H22N2O2. The van der Waals surface area contributed by atoms with Crippen molar-refractivity contribution < 1.29 is 9.21 Å². The molecule has 0 N–H and O–H groups in total. The van der Waals surface area contributed by atoms with Gasteiger partial charge >= 0.3 is 0 Å². The third-order valence-electron chi connectivity index (χ3n) is 4.13. The van der Waals surface area contributed by atoms with E-state index >= 15 is 0 Å². The van der Waals surface area contributed by atoms with E-state index in [1.54, 1.807) is 24.9 Å². The minimum atomic E-state index is 0.123. The molecule has 0 spiro atoms. The topological polar surface area (TPSA) is 56.0 Å². The Bertz CT molecular complexity index is 1010. The van der Waals surface area contributed by atoms with Gasteiger partial charge in [-0.3, -0.25) is 14.8 Å². The molecule has 0 radical (unpaired) electrons. The van der Waals surface area contributed by atoms with Crippen LogP contribution in [0.5, 0.6) is 0 Å². The number of hydrogen-bond acceptors (Lipinski definition) is 4. The lowest BCUT2D eigenvalue weighted by atomic mass is 9.96. The Morgan fingerprint density at radius 2 is 1.81 bits per heavy atom. The van der Waals surface area contributed by atoms with Crippen LogP contribution in [0.15, 0.2) is 77.8 Å². The molecule has 0 fully saturated rings. The van der Waals surface area contributed by atoms with E-state index in [0.29, 0.717) is 12.8 Å². The molecule has 4 aromatic rings. The summed E-state index contributed by atoms with van der Waals surface area (Å²) in [5, 5.41) is 0.990. The summed E-state index contributed by atoms with van der Waals surface area (Å²) in [5.74, 6) is 0.876. The quantitative estimate of drug-likeness (QED) is 0.488. The molecule has 0 bridgehead atoms. The Labute approximate surface area is 158 Å². The second-order valence-electron chi connectivity index (χ2n) is 5.91. The monoisotopic (exact) mass is 358 g/mol. The van der Waals surface area contributed by atoms with Crippen molar-refractivity contribution in [2.75, 3.05) is 0 Å². The standard InChI is InChI=1S/C21H16N2O2.C2H6/c24-17(11-15-5-3-9-22-13-15)12-16-14-23-19-7-2-1-6-18(19)21(16)20-8-4-10-25-20;1-2/h1-10,13-14H,11-12H2;1-2H3. The van der Waals surface area contributed by atoms with Gasteiger partial charge in [0.25, 0.3) is 0 Å². The summed E-state index contributed by atoms with van der Waals surface area (Å²) in [6, 6.07) is 15.4. The van der Waals surface area contributed by atoms with Crippen molar-refractivity contribution in [1.29, 1.82) is 0 Å². The Kier molecular flexibility index (Phi) is 6.10. The Hall–Kier alpha value is -3.27. The van der Waals surface area contributed by atoms with Gasteiger partial charge in [0, 0.05) is 42.4 Å². The molecule has 4 nitrogen and oxygen atoms in total. The fraction of sp³-hybridized carbons (Fsp3) is 0.174. The number of rotatable bonds is 5. The maximum absolute atomic E-state index is 12.6. The van der Waals surface area contributed by atoms with Gasteiger partial charge in [0.2, 0.25) is 0 Å². The van der Waals surface area contributed by atoms with Crippen LogP contribution in [0.1, 0.15) is 25.0 Å². The zero-order chi connectivity index (χ0) is 19.1. The highest BCUT2D eigenvalue weighted by Crippen LogP contribution is 2.31. The van der Waals surface area contributed by atoms with Crippen molar-refractivity contribution in [2.24, 2.45) is 0 Å². The van der Waals surface area contributed by atoms with Crippen molar-refractivity contribution >= 4 is 16.7 Å². The van der Waals surface area contributed by atoms with Gasteiger partial charge in [-0.2, -0.15) is 0 Å². The molecule has 0 atom stereocenters. The minimum absolute atomic E-state index is 0.123. The average molecular weight is 358 g/mol. The maximum Gasteiger partial charge on any atom is 0.141 e. The molecule has 3 aromatic heterocycles. The molecule has 0 aliphatic heterocycles. The van der Waals surface area contributed by atoms with Gasteiger partial charge in [-0.15, -0.1) is 0 Å². The SMILES string of the molecule is CC.O=C(Cc1cccnc1)Cc1cnc2ccccc2c1-c1ccco1. The summed E-state index contributed by atoms with van der Waals surface area (Å²) in [5.41, 5.74) is 3.62. The van der Waals surface area contributed by atoms with Crippen LogP contribution in [0.4, 0.5) is 0 Å². The second-order valence-corrected chi connectivity index (χ2v) is 5.91. The van der Waals surface area contributed by atoms with E-state index in [9.17, 15) is 4.79 Å². The van der Waals surface area contributed by atoms with Crippen molar-refractivity contribution in [3.8, 4) is 11.3 Å². The second kappa shape index (κ2) is 8.90. The molecule has 0 saturated heterocycles. The first kappa shape index (κ1) is 18.5. The molecule has 0 amide bonds. The normalized spacial score (nSPS) is 10.3. The van der Waals surface area contributed by atoms with E-state index in [1.165, 1.54) is 0 Å². The molecule has 4 rings (SSSR count). The molecule has 0 aliphatic rings. The summed E-state index contributed by atoms with van der Waals surface area (Å²) in [4.78, 5) is 21.1. The molecule has 3 heterocycles. The number of fused-ring (bicyclic) bond motifs is 1. The molecule has 1 aromatic carbocycles. The first-order valence-corrected chi connectivity index (χ1v) is 9.12. The fourth-order valence-electron chi connectivity index (χ4n) is 3.03. The Morgan fingerprint density at radius 1 is 0.963 bits per heavy atom. The van der Waals surface area contributed by atoms with Crippen molar-refractivity contribution in [2.45, 2.75) is 26.7 Å². The Morgan fingerprint density at radius 3 is 2.56 bits per heavy atom. The first-order valence-electron chi connectivity index (χ1n) is 9.12. The number of para-hydroxylation sites is 1. The smallest absolute Gasteiger partial charge is 0.141 e. The lowest BCUT2D eigenvalue weighted by Gasteiger charge is -2.10. The zero-order valence-electron chi connectivity index (χ0n) is 15.6. The van der Waals surface area contributed by atoms with Crippen LogP contribution in [0.3, 0.4) is 0 Å². The van der Waals surface area contributed by atoms with Gasteiger partial charge < -0.3 is 4.42 Å². The number of ketones is 1. The fourth-order valence-corrected chi connectivity index (χ4v) is 3.03. The van der Waals surface area contributed by atoms with Gasteiger partial charge in [-0.25, -0.2) is 0 Å². The maximum atomic E-state index is 12.6. The van der Waals surface area contributed by atoms with Crippen LogP contribution in [-0.2, 0) is 17.6 Å². The highest BCUT2D eigenvalue weighted by atomic mass is 16.3. The molecule has 136 valence electrons. The van der Waals surface area contributed by atoms with E-state index in [-0.39, 0.29) is 5.78 Å². The van der Waals surface area contributed by atoms with Gasteiger partial charge in [0.15, 0.2) is 0 Å². The number of aromatic nitrogens is 2. The summed E-state index contributed by atoms with van der Waals surface area (Å²) in [6.07, 6.45) is 7.52. The summed E-state index contributed by atoms with van der Waals surface area (Å²) >= 11 is 0. The largest absolute Gasteiger partial charge is 0.464 e. The molecule has 27 heavy (non-hydrogen) atoms. The van der Waals surface area contributed by atoms with E-state index in [4.69, 9.17) is 4.42 Å². The van der Waals surface area contributed by atoms with Crippen molar-refractivity contribution in [1.82, 2.24) is 9.97 Å². The van der Waals surface area contributed by atoms with Crippen LogP contribution in [-0.4, -0.2) is 15.8 Å². The van der Waals surface area contributed by atoms with E-state index in [2.05, 4.69) is 9.97 Å². The molecule has 0 saturated carbocycles. The predicted octanol–water partition coefficient (Wildman–Crippen LogP) is 5.27. The highest BCUT2D eigenvalue weighted by molar-refractivity contribution is 5.96. The lowest BCUT2D eigenvalue weighted by Crippen LogP contribution is -2.08. The summed E-state index contributed by atoms with van der Waals surface area (Å²) in [7, 11) is 0. The third kappa shape index (κ3) is 4.29.